The van der Waals surface area contributed by atoms with E-state index in [1.54, 1.807) is 7.11 Å². The minimum atomic E-state index is 0.00370. The Bertz CT molecular complexity index is 420. The minimum Gasteiger partial charge on any atom is -0.374 e. The van der Waals surface area contributed by atoms with E-state index in [0.717, 1.165) is 24.4 Å². The van der Waals surface area contributed by atoms with Crippen molar-refractivity contribution in [2.45, 2.75) is 52.1 Å². The van der Waals surface area contributed by atoms with Crippen molar-refractivity contribution < 1.29 is 4.74 Å². The maximum atomic E-state index is 5.46. The van der Waals surface area contributed by atoms with Gasteiger partial charge in [0.2, 0.25) is 0 Å². The number of H-pyrrole nitrogens is 1. The van der Waals surface area contributed by atoms with Crippen LogP contribution in [0, 0.1) is 4.64 Å². The molecule has 1 N–H and O–H groups in total. The smallest absolute Gasteiger partial charge is 0.137 e. The van der Waals surface area contributed by atoms with E-state index < -0.39 is 0 Å². The molecule has 1 aromatic heterocycles. The zero-order valence-corrected chi connectivity index (χ0v) is 12.1. The quantitative estimate of drug-likeness (QED) is 0.827. The van der Waals surface area contributed by atoms with Crippen LogP contribution in [0.2, 0.25) is 0 Å². The Balaban J connectivity index is 3.17. The fourth-order valence-electron chi connectivity index (χ4n) is 1.66. The molecule has 0 aliphatic carbocycles. The monoisotopic (exact) mass is 254 g/mol. The lowest BCUT2D eigenvalue weighted by molar-refractivity contribution is 0.0871. The van der Waals surface area contributed by atoms with Crippen molar-refractivity contribution in [1.82, 2.24) is 9.97 Å². The zero-order chi connectivity index (χ0) is 13.1. The Labute approximate surface area is 109 Å². The van der Waals surface area contributed by atoms with E-state index in [9.17, 15) is 0 Å². The Hall–Kier alpha value is -0.740. The predicted octanol–water partition coefficient (Wildman–Crippen LogP) is 3.92. The van der Waals surface area contributed by atoms with Crippen LogP contribution in [0.25, 0.3) is 0 Å². The van der Waals surface area contributed by atoms with Crippen molar-refractivity contribution >= 4 is 12.2 Å². The number of methoxy groups -OCH3 is 1. The highest BCUT2D eigenvalue weighted by atomic mass is 32.1. The number of rotatable bonds is 4. The van der Waals surface area contributed by atoms with Crippen LogP contribution in [-0.2, 0) is 10.2 Å². The Morgan fingerprint density at radius 3 is 2.59 bits per heavy atom. The molecule has 0 aromatic carbocycles. The van der Waals surface area contributed by atoms with Crippen molar-refractivity contribution in [3.05, 3.63) is 22.2 Å². The van der Waals surface area contributed by atoms with Crippen molar-refractivity contribution in [3.63, 3.8) is 0 Å². The summed E-state index contributed by atoms with van der Waals surface area (Å²) in [6.07, 6.45) is 2.01. The fraction of sp³-hybridized carbons (Fsp3) is 0.692. The summed E-state index contributed by atoms with van der Waals surface area (Å²) in [6, 6.07) is 1.93. The maximum absolute atomic E-state index is 5.46. The Morgan fingerprint density at radius 2 is 2.12 bits per heavy atom. The van der Waals surface area contributed by atoms with Gasteiger partial charge >= 0.3 is 0 Å². The number of nitrogens with one attached hydrogen (secondary N) is 1. The van der Waals surface area contributed by atoms with Gasteiger partial charge in [-0.2, -0.15) is 0 Å². The molecule has 1 heterocycles. The third kappa shape index (κ3) is 3.89. The van der Waals surface area contributed by atoms with Gasteiger partial charge < -0.3 is 9.72 Å². The number of aromatic amines is 1. The first-order valence-corrected chi connectivity index (χ1v) is 6.43. The zero-order valence-electron chi connectivity index (χ0n) is 11.3. The van der Waals surface area contributed by atoms with Crippen LogP contribution in [0.1, 0.15) is 58.2 Å². The Kier molecular flexibility index (Phi) is 4.83. The second-order valence-electron chi connectivity index (χ2n) is 5.28. The standard InChI is InChI=1S/C13H22N2OS/c1-6-7-9(16-5)12-14-10(13(2,3)4)8-11(17)15-12/h8-9H,6-7H2,1-5H3,(H,14,15,17). The van der Waals surface area contributed by atoms with Crippen molar-refractivity contribution in [2.24, 2.45) is 0 Å². The molecule has 4 heteroatoms. The van der Waals surface area contributed by atoms with E-state index in [2.05, 4.69) is 37.7 Å². The molecule has 96 valence electrons. The van der Waals surface area contributed by atoms with Gasteiger partial charge in [0.05, 0.1) is 0 Å². The van der Waals surface area contributed by atoms with Crippen molar-refractivity contribution in [2.75, 3.05) is 7.11 Å². The summed E-state index contributed by atoms with van der Waals surface area (Å²) in [5.74, 6) is 0.840. The summed E-state index contributed by atoms with van der Waals surface area (Å²) < 4.78 is 6.09. The van der Waals surface area contributed by atoms with Gasteiger partial charge in [0.15, 0.2) is 0 Å². The summed E-state index contributed by atoms with van der Waals surface area (Å²) in [7, 11) is 1.71. The molecule has 0 fully saturated rings. The van der Waals surface area contributed by atoms with Crippen LogP contribution in [0.4, 0.5) is 0 Å². The molecule has 0 bridgehead atoms. The molecule has 0 spiro atoms. The molecule has 0 aliphatic rings. The van der Waals surface area contributed by atoms with Crippen LogP contribution < -0.4 is 0 Å². The van der Waals surface area contributed by atoms with Gasteiger partial charge in [0.25, 0.3) is 0 Å². The number of nitrogens with zero attached hydrogens (tertiary/aromatic N) is 1. The van der Waals surface area contributed by atoms with Crippen molar-refractivity contribution in [3.8, 4) is 0 Å². The lowest BCUT2D eigenvalue weighted by atomic mass is 9.92. The molecule has 0 radical (unpaired) electrons. The first-order valence-electron chi connectivity index (χ1n) is 6.03. The topological polar surface area (TPSA) is 37.9 Å². The van der Waals surface area contributed by atoms with Gasteiger partial charge in [0.1, 0.15) is 16.6 Å². The van der Waals surface area contributed by atoms with Crippen molar-refractivity contribution in [1.29, 1.82) is 0 Å². The predicted molar refractivity (Wildman–Crippen MR) is 72.8 cm³/mol. The van der Waals surface area contributed by atoms with Crippen LogP contribution >= 0.6 is 12.2 Å². The van der Waals surface area contributed by atoms with Crippen LogP contribution in [0.3, 0.4) is 0 Å². The molecule has 0 aliphatic heterocycles. The molecular formula is C13H22N2OS. The summed E-state index contributed by atoms with van der Waals surface area (Å²) in [5, 5.41) is 0. The summed E-state index contributed by atoms with van der Waals surface area (Å²) in [5.41, 5.74) is 1.14. The highest BCUT2D eigenvalue weighted by Gasteiger charge is 2.18. The van der Waals surface area contributed by atoms with E-state index in [0.29, 0.717) is 4.64 Å². The average Bonchev–Trinajstić information content (AvgIpc) is 2.23. The largest absolute Gasteiger partial charge is 0.374 e. The normalized spacial score (nSPS) is 13.7. The number of ether oxygens (including phenoxy) is 1. The second-order valence-corrected chi connectivity index (χ2v) is 5.70. The molecule has 0 amide bonds. The summed E-state index contributed by atoms with van der Waals surface area (Å²) in [4.78, 5) is 7.73. The van der Waals surface area contributed by atoms with E-state index in [-0.39, 0.29) is 11.5 Å². The van der Waals surface area contributed by atoms with E-state index in [4.69, 9.17) is 17.0 Å². The molecule has 17 heavy (non-hydrogen) atoms. The number of hydrogen-bond donors (Lipinski definition) is 1. The third-order valence-corrected chi connectivity index (χ3v) is 2.92. The number of hydrogen-bond acceptors (Lipinski definition) is 3. The molecule has 3 nitrogen and oxygen atoms in total. The SMILES string of the molecule is CCCC(OC)c1nc(=S)cc(C(C)(C)C)[nH]1. The molecular weight excluding hydrogens is 232 g/mol. The van der Waals surface area contributed by atoms with Crippen LogP contribution in [0.15, 0.2) is 6.07 Å². The minimum absolute atomic E-state index is 0.00370. The van der Waals surface area contributed by atoms with E-state index in [1.807, 2.05) is 6.07 Å². The summed E-state index contributed by atoms with van der Waals surface area (Å²) >= 11 is 5.22. The highest BCUT2D eigenvalue weighted by molar-refractivity contribution is 7.71. The summed E-state index contributed by atoms with van der Waals surface area (Å²) in [6.45, 7) is 8.59. The third-order valence-electron chi connectivity index (χ3n) is 2.71. The molecule has 1 unspecified atom stereocenters. The fourth-order valence-corrected chi connectivity index (χ4v) is 1.88. The van der Waals surface area contributed by atoms with Gasteiger partial charge in [-0.1, -0.05) is 46.3 Å². The highest BCUT2D eigenvalue weighted by Crippen LogP contribution is 2.24. The molecule has 0 saturated carbocycles. The first kappa shape index (κ1) is 14.3. The Morgan fingerprint density at radius 1 is 1.47 bits per heavy atom. The second kappa shape index (κ2) is 5.74. The van der Waals surface area contributed by atoms with Gasteiger partial charge in [-0.3, -0.25) is 0 Å². The molecule has 0 saturated heterocycles. The number of aromatic nitrogens is 2. The van der Waals surface area contributed by atoms with Gasteiger partial charge in [-0.15, -0.1) is 0 Å². The molecule has 1 aromatic rings. The average molecular weight is 254 g/mol. The molecule has 1 rings (SSSR count). The lowest BCUT2D eigenvalue weighted by Gasteiger charge is -2.21. The van der Waals surface area contributed by atoms with Gasteiger partial charge in [-0.25, -0.2) is 4.98 Å². The molecule has 1 atom stereocenters. The van der Waals surface area contributed by atoms with Crippen LogP contribution in [0.5, 0.6) is 0 Å². The van der Waals surface area contributed by atoms with Crippen LogP contribution in [-0.4, -0.2) is 17.1 Å². The van der Waals surface area contributed by atoms with E-state index >= 15 is 0 Å². The maximum Gasteiger partial charge on any atom is 0.137 e. The van der Waals surface area contributed by atoms with Gasteiger partial charge in [-0.05, 0) is 12.5 Å². The van der Waals surface area contributed by atoms with E-state index in [1.165, 1.54) is 0 Å². The lowest BCUT2D eigenvalue weighted by Crippen LogP contribution is -2.17. The van der Waals surface area contributed by atoms with Gasteiger partial charge in [0, 0.05) is 18.2 Å². The first-order chi connectivity index (χ1) is 7.88.